The second kappa shape index (κ2) is 5.21. The third kappa shape index (κ3) is 2.64. The summed E-state index contributed by atoms with van der Waals surface area (Å²) >= 11 is 0. The minimum atomic E-state index is -2.37. The summed E-state index contributed by atoms with van der Waals surface area (Å²) in [6.45, 7) is -0.738. The summed E-state index contributed by atoms with van der Waals surface area (Å²) in [6, 6.07) is 0. The van der Waals surface area contributed by atoms with Crippen LogP contribution in [-0.4, -0.2) is 30.3 Å². The molecule has 4 nitrogen and oxygen atoms in total. The van der Waals surface area contributed by atoms with Crippen LogP contribution in [0.5, 0.6) is 0 Å². The van der Waals surface area contributed by atoms with Gasteiger partial charge in [-0.3, -0.25) is 9.59 Å². The van der Waals surface area contributed by atoms with Gasteiger partial charge in [0.15, 0.2) is 23.3 Å². The van der Waals surface area contributed by atoms with Crippen molar-refractivity contribution < 1.29 is 31.5 Å². The van der Waals surface area contributed by atoms with Gasteiger partial charge in [0, 0.05) is 7.05 Å². The molecule has 0 radical (unpaired) electrons. The first-order valence-electron chi connectivity index (χ1n) is 4.73. The summed E-state index contributed by atoms with van der Waals surface area (Å²) in [6.07, 6.45) is 0. The van der Waals surface area contributed by atoms with Gasteiger partial charge in [0.25, 0.3) is 5.91 Å². The maximum Gasteiger partial charge on any atom is 0.260 e. The summed E-state index contributed by atoms with van der Waals surface area (Å²) < 4.78 is 65.0. The lowest BCUT2D eigenvalue weighted by atomic mass is 10.1. The van der Waals surface area contributed by atoms with Crippen molar-refractivity contribution in [2.75, 3.05) is 13.6 Å². The second-order valence-electron chi connectivity index (χ2n) is 3.57. The Morgan fingerprint density at radius 2 is 1.32 bits per heavy atom. The predicted octanol–water partition coefficient (Wildman–Crippen LogP) is 0.939. The van der Waals surface area contributed by atoms with Gasteiger partial charge in [-0.25, -0.2) is 22.0 Å². The number of halogens is 5. The average Bonchev–Trinajstić information content (AvgIpc) is 2.33. The predicted molar refractivity (Wildman–Crippen MR) is 52.4 cm³/mol. The Kier molecular flexibility index (Phi) is 4.07. The van der Waals surface area contributed by atoms with E-state index in [-0.39, 0.29) is 0 Å². The summed E-state index contributed by atoms with van der Waals surface area (Å²) in [7, 11) is 0.922. The zero-order chi connectivity index (χ0) is 14.9. The molecule has 2 amide bonds. The Morgan fingerprint density at radius 3 is 1.68 bits per heavy atom. The average molecular weight is 282 g/mol. The molecular formula is C10H7F5N2O2. The van der Waals surface area contributed by atoms with Gasteiger partial charge in [0.05, 0.1) is 6.54 Å². The van der Waals surface area contributed by atoms with Gasteiger partial charge in [-0.15, -0.1) is 0 Å². The quantitative estimate of drug-likeness (QED) is 0.509. The van der Waals surface area contributed by atoms with Gasteiger partial charge >= 0.3 is 0 Å². The number of likely N-dealkylation sites (N-methyl/N-ethyl adjacent to an activating group) is 1. The van der Waals surface area contributed by atoms with Crippen molar-refractivity contribution in [3.63, 3.8) is 0 Å². The zero-order valence-electron chi connectivity index (χ0n) is 9.44. The van der Waals surface area contributed by atoms with Gasteiger partial charge in [-0.05, 0) is 0 Å². The second-order valence-corrected chi connectivity index (χ2v) is 3.57. The van der Waals surface area contributed by atoms with Crippen molar-refractivity contribution in [3.8, 4) is 0 Å². The number of amides is 2. The fourth-order valence-corrected chi connectivity index (χ4v) is 1.29. The topological polar surface area (TPSA) is 63.4 Å². The Labute approximate surface area is 103 Å². The van der Waals surface area contributed by atoms with Crippen molar-refractivity contribution in [1.29, 1.82) is 0 Å². The maximum atomic E-state index is 13.3. The molecule has 0 heterocycles. The van der Waals surface area contributed by atoms with E-state index in [1.54, 1.807) is 0 Å². The Morgan fingerprint density at radius 1 is 0.947 bits per heavy atom. The van der Waals surface area contributed by atoms with Crippen molar-refractivity contribution in [2.24, 2.45) is 5.73 Å². The first-order valence-corrected chi connectivity index (χ1v) is 4.73. The molecule has 0 atom stereocenters. The third-order valence-electron chi connectivity index (χ3n) is 2.16. The van der Waals surface area contributed by atoms with E-state index in [1.165, 1.54) is 0 Å². The van der Waals surface area contributed by atoms with Crippen LogP contribution in [0.3, 0.4) is 0 Å². The van der Waals surface area contributed by atoms with E-state index < -0.39 is 53.0 Å². The molecule has 0 spiro atoms. The van der Waals surface area contributed by atoms with Crippen LogP contribution in [-0.2, 0) is 4.79 Å². The van der Waals surface area contributed by atoms with E-state index in [0.29, 0.717) is 4.90 Å². The van der Waals surface area contributed by atoms with Gasteiger partial charge in [-0.2, -0.15) is 0 Å². The monoisotopic (exact) mass is 282 g/mol. The SMILES string of the molecule is CN(CC(N)=O)C(=O)c1c(F)c(F)c(F)c(F)c1F. The highest BCUT2D eigenvalue weighted by Crippen LogP contribution is 2.23. The molecule has 0 aliphatic carbocycles. The van der Waals surface area contributed by atoms with Crippen LogP contribution >= 0.6 is 0 Å². The molecule has 104 valence electrons. The highest BCUT2D eigenvalue weighted by molar-refractivity contribution is 5.96. The maximum absolute atomic E-state index is 13.3. The Balaban J connectivity index is 3.35. The first-order chi connectivity index (χ1) is 8.68. The minimum Gasteiger partial charge on any atom is -0.368 e. The fraction of sp³-hybridized carbons (Fsp3) is 0.200. The van der Waals surface area contributed by atoms with E-state index in [2.05, 4.69) is 0 Å². The van der Waals surface area contributed by atoms with Crippen molar-refractivity contribution in [1.82, 2.24) is 4.90 Å². The number of benzene rings is 1. The van der Waals surface area contributed by atoms with E-state index in [9.17, 15) is 31.5 Å². The number of primary amides is 1. The zero-order valence-corrected chi connectivity index (χ0v) is 9.44. The molecule has 0 aromatic heterocycles. The Bertz CT molecular complexity index is 532. The summed E-state index contributed by atoms with van der Waals surface area (Å²) in [5.74, 6) is -13.9. The molecule has 1 aromatic rings. The van der Waals surface area contributed by atoms with Crippen LogP contribution in [0.1, 0.15) is 10.4 Å². The molecule has 1 rings (SSSR count). The van der Waals surface area contributed by atoms with Crippen molar-refractivity contribution in [3.05, 3.63) is 34.6 Å². The molecule has 0 saturated heterocycles. The van der Waals surface area contributed by atoms with Crippen LogP contribution in [0.4, 0.5) is 22.0 Å². The third-order valence-corrected chi connectivity index (χ3v) is 2.16. The molecule has 0 bridgehead atoms. The van der Waals surface area contributed by atoms with Gasteiger partial charge in [0.1, 0.15) is 5.56 Å². The molecule has 0 saturated carbocycles. The summed E-state index contributed by atoms with van der Waals surface area (Å²) in [5, 5.41) is 0. The number of carbonyl (C=O) groups is 2. The smallest absolute Gasteiger partial charge is 0.260 e. The van der Waals surface area contributed by atoms with Gasteiger partial charge in [-0.1, -0.05) is 0 Å². The van der Waals surface area contributed by atoms with E-state index in [0.717, 1.165) is 7.05 Å². The molecule has 0 aliphatic rings. The molecule has 9 heteroatoms. The van der Waals surface area contributed by atoms with Gasteiger partial charge < -0.3 is 10.6 Å². The number of hydrogen-bond donors (Lipinski definition) is 1. The summed E-state index contributed by atoms with van der Waals surface area (Å²) in [4.78, 5) is 22.5. The number of nitrogens with zero attached hydrogens (tertiary/aromatic N) is 1. The number of carbonyl (C=O) groups excluding carboxylic acids is 2. The normalized spacial score (nSPS) is 10.4. The van der Waals surface area contributed by atoms with Crippen LogP contribution in [0.25, 0.3) is 0 Å². The molecular weight excluding hydrogens is 275 g/mol. The van der Waals surface area contributed by atoms with Crippen molar-refractivity contribution in [2.45, 2.75) is 0 Å². The lowest BCUT2D eigenvalue weighted by Gasteiger charge is -2.16. The first kappa shape index (κ1) is 14.9. The molecule has 2 N–H and O–H groups in total. The molecule has 0 aliphatic heterocycles. The lowest BCUT2D eigenvalue weighted by Crippen LogP contribution is -2.36. The summed E-state index contributed by atoms with van der Waals surface area (Å²) in [5.41, 5.74) is 3.10. The van der Waals surface area contributed by atoms with Crippen LogP contribution in [0.15, 0.2) is 0 Å². The van der Waals surface area contributed by atoms with E-state index >= 15 is 0 Å². The largest absolute Gasteiger partial charge is 0.368 e. The van der Waals surface area contributed by atoms with Crippen molar-refractivity contribution >= 4 is 11.8 Å². The minimum absolute atomic E-state index is 0.431. The lowest BCUT2D eigenvalue weighted by molar-refractivity contribution is -0.118. The van der Waals surface area contributed by atoms with Crippen LogP contribution in [0.2, 0.25) is 0 Å². The standard InChI is InChI=1S/C10H7F5N2O2/c1-17(2-3(16)18)10(19)4-5(11)7(13)9(15)8(14)6(4)12/h2H2,1H3,(H2,16,18). The number of nitrogens with two attached hydrogens (primary N) is 1. The number of rotatable bonds is 3. The van der Waals surface area contributed by atoms with Crippen LogP contribution in [0, 0.1) is 29.1 Å². The fourth-order valence-electron chi connectivity index (χ4n) is 1.29. The molecule has 1 aromatic carbocycles. The van der Waals surface area contributed by atoms with E-state index in [4.69, 9.17) is 5.73 Å². The van der Waals surface area contributed by atoms with E-state index in [1.807, 2.05) is 0 Å². The Hall–Kier alpha value is -2.19. The highest BCUT2D eigenvalue weighted by atomic mass is 19.2. The van der Waals surface area contributed by atoms with Gasteiger partial charge in [0.2, 0.25) is 11.7 Å². The molecule has 0 fully saturated rings. The molecule has 19 heavy (non-hydrogen) atoms. The van der Waals surface area contributed by atoms with Crippen LogP contribution < -0.4 is 5.73 Å². The molecule has 0 unspecified atom stereocenters. The number of hydrogen-bond acceptors (Lipinski definition) is 2. The highest BCUT2D eigenvalue weighted by Gasteiger charge is 2.31.